The van der Waals surface area contributed by atoms with Crippen molar-refractivity contribution in [3.63, 3.8) is 0 Å². The molecule has 1 atom stereocenters. The van der Waals surface area contributed by atoms with E-state index in [1.165, 1.54) is 18.4 Å². The Balaban J connectivity index is 2.17. The molecule has 8 heteroatoms. The standard InChI is InChI=1S/C11H12ClN3O2S2/c1-3-6(9-13-4-5-18-9)14-11-15-8(12)7(19-11)10(16)17-2/h4-6H,3H2,1-2H3,(H,14,15). The molecular formula is C11H12ClN3O2S2. The maximum atomic E-state index is 11.5. The number of esters is 1. The third-order valence-corrected chi connectivity index (χ3v) is 4.65. The van der Waals surface area contributed by atoms with Crippen LogP contribution in [0, 0.1) is 0 Å². The molecular weight excluding hydrogens is 306 g/mol. The predicted octanol–water partition coefficient (Wildman–Crippen LogP) is 3.60. The van der Waals surface area contributed by atoms with E-state index in [-0.39, 0.29) is 11.2 Å². The zero-order valence-corrected chi connectivity index (χ0v) is 12.7. The highest BCUT2D eigenvalue weighted by molar-refractivity contribution is 7.18. The highest BCUT2D eigenvalue weighted by atomic mass is 35.5. The lowest BCUT2D eigenvalue weighted by Gasteiger charge is -2.12. The number of hydrogen-bond donors (Lipinski definition) is 1. The van der Waals surface area contributed by atoms with E-state index in [9.17, 15) is 4.79 Å². The van der Waals surface area contributed by atoms with Gasteiger partial charge in [-0.3, -0.25) is 0 Å². The molecule has 2 rings (SSSR count). The van der Waals surface area contributed by atoms with Gasteiger partial charge in [-0.25, -0.2) is 14.8 Å². The number of nitrogens with zero attached hydrogens (tertiary/aromatic N) is 2. The summed E-state index contributed by atoms with van der Waals surface area (Å²) in [5, 5.41) is 6.89. The second-order valence-electron chi connectivity index (χ2n) is 3.61. The Bertz CT molecular complexity index is 556. The van der Waals surface area contributed by atoms with Crippen molar-refractivity contribution in [3.8, 4) is 0 Å². The van der Waals surface area contributed by atoms with Gasteiger partial charge in [0.05, 0.1) is 13.2 Å². The molecule has 0 saturated carbocycles. The quantitative estimate of drug-likeness (QED) is 0.854. The second-order valence-corrected chi connectivity index (χ2v) is 5.89. The van der Waals surface area contributed by atoms with Gasteiger partial charge in [-0.05, 0) is 6.42 Å². The molecule has 0 aromatic carbocycles. The molecule has 0 aliphatic carbocycles. The zero-order chi connectivity index (χ0) is 13.8. The van der Waals surface area contributed by atoms with Gasteiger partial charge in [-0.1, -0.05) is 29.9 Å². The smallest absolute Gasteiger partial charge is 0.351 e. The van der Waals surface area contributed by atoms with Gasteiger partial charge in [-0.2, -0.15) is 0 Å². The van der Waals surface area contributed by atoms with E-state index < -0.39 is 5.97 Å². The fraction of sp³-hybridized carbons (Fsp3) is 0.364. The van der Waals surface area contributed by atoms with Gasteiger partial charge < -0.3 is 10.1 Å². The monoisotopic (exact) mass is 317 g/mol. The van der Waals surface area contributed by atoms with E-state index in [4.69, 9.17) is 11.6 Å². The van der Waals surface area contributed by atoms with Crippen LogP contribution in [-0.4, -0.2) is 23.0 Å². The van der Waals surface area contributed by atoms with Crippen molar-refractivity contribution in [1.29, 1.82) is 0 Å². The Kier molecular flexibility index (Phi) is 4.73. The lowest BCUT2D eigenvalue weighted by Crippen LogP contribution is -2.08. The maximum Gasteiger partial charge on any atom is 0.351 e. The SMILES string of the molecule is CCC(Nc1nc(Cl)c(C(=O)OC)s1)c1nccs1. The second kappa shape index (κ2) is 6.31. The molecule has 0 aliphatic rings. The van der Waals surface area contributed by atoms with Crippen molar-refractivity contribution < 1.29 is 9.53 Å². The Labute approximate surface area is 123 Å². The molecule has 5 nitrogen and oxygen atoms in total. The van der Waals surface area contributed by atoms with Crippen LogP contribution in [0.3, 0.4) is 0 Å². The molecule has 2 aromatic heterocycles. The average Bonchev–Trinajstić information content (AvgIpc) is 3.04. The van der Waals surface area contributed by atoms with Gasteiger partial charge in [0.2, 0.25) is 0 Å². The summed E-state index contributed by atoms with van der Waals surface area (Å²) in [7, 11) is 1.32. The van der Waals surface area contributed by atoms with Crippen LogP contribution in [0.1, 0.15) is 34.1 Å². The van der Waals surface area contributed by atoms with Crippen molar-refractivity contribution in [2.24, 2.45) is 0 Å². The van der Waals surface area contributed by atoms with E-state index in [0.29, 0.717) is 10.0 Å². The molecule has 102 valence electrons. The van der Waals surface area contributed by atoms with E-state index >= 15 is 0 Å². The number of rotatable bonds is 5. The maximum absolute atomic E-state index is 11.5. The number of hydrogen-bond acceptors (Lipinski definition) is 7. The summed E-state index contributed by atoms with van der Waals surface area (Å²) in [4.78, 5) is 20.2. The number of halogens is 1. The Morgan fingerprint density at radius 2 is 2.42 bits per heavy atom. The fourth-order valence-electron chi connectivity index (χ4n) is 1.48. The predicted molar refractivity (Wildman–Crippen MR) is 77.2 cm³/mol. The van der Waals surface area contributed by atoms with Crippen LogP contribution in [0.5, 0.6) is 0 Å². The van der Waals surface area contributed by atoms with Crippen LogP contribution in [0.15, 0.2) is 11.6 Å². The number of aromatic nitrogens is 2. The molecule has 0 saturated heterocycles. The number of thiazole rings is 2. The summed E-state index contributed by atoms with van der Waals surface area (Å²) in [5.74, 6) is -0.474. The van der Waals surface area contributed by atoms with E-state index in [2.05, 4.69) is 26.9 Å². The van der Waals surface area contributed by atoms with Crippen molar-refractivity contribution in [2.75, 3.05) is 12.4 Å². The van der Waals surface area contributed by atoms with Crippen LogP contribution in [-0.2, 0) is 4.74 Å². The first-order valence-corrected chi connectivity index (χ1v) is 7.63. The highest BCUT2D eigenvalue weighted by Crippen LogP contribution is 2.31. The van der Waals surface area contributed by atoms with E-state index in [1.807, 2.05) is 5.38 Å². The topological polar surface area (TPSA) is 64.1 Å². The molecule has 2 heterocycles. The first-order chi connectivity index (χ1) is 9.15. The normalized spacial score (nSPS) is 12.2. The molecule has 2 aromatic rings. The number of methoxy groups -OCH3 is 1. The first-order valence-electron chi connectivity index (χ1n) is 5.56. The van der Waals surface area contributed by atoms with Crippen molar-refractivity contribution in [2.45, 2.75) is 19.4 Å². The first kappa shape index (κ1) is 14.2. The summed E-state index contributed by atoms with van der Waals surface area (Å²) in [6, 6.07) is 0.0627. The van der Waals surface area contributed by atoms with E-state index in [1.54, 1.807) is 17.5 Å². The fourth-order valence-corrected chi connectivity index (χ4v) is 3.40. The number of ether oxygens (including phenoxy) is 1. The molecule has 1 N–H and O–H groups in total. The van der Waals surface area contributed by atoms with Gasteiger partial charge in [0.25, 0.3) is 0 Å². The molecule has 0 spiro atoms. The molecule has 0 radical (unpaired) electrons. The highest BCUT2D eigenvalue weighted by Gasteiger charge is 2.20. The largest absolute Gasteiger partial charge is 0.465 e. The number of nitrogens with one attached hydrogen (secondary N) is 1. The summed E-state index contributed by atoms with van der Waals surface area (Å²) in [5.41, 5.74) is 0. The summed E-state index contributed by atoms with van der Waals surface area (Å²) in [6.45, 7) is 2.05. The van der Waals surface area contributed by atoms with Crippen molar-refractivity contribution >= 4 is 45.4 Å². The van der Waals surface area contributed by atoms with Gasteiger partial charge in [0, 0.05) is 11.6 Å². The zero-order valence-electron chi connectivity index (χ0n) is 10.3. The van der Waals surface area contributed by atoms with Gasteiger partial charge in [-0.15, -0.1) is 11.3 Å². The minimum atomic E-state index is -0.474. The minimum absolute atomic E-state index is 0.0627. The van der Waals surface area contributed by atoms with Crippen LogP contribution in [0.25, 0.3) is 0 Å². The van der Waals surface area contributed by atoms with Gasteiger partial charge >= 0.3 is 5.97 Å². The molecule has 0 aliphatic heterocycles. The molecule has 0 fully saturated rings. The van der Waals surface area contributed by atoms with Crippen LogP contribution in [0.2, 0.25) is 5.15 Å². The summed E-state index contributed by atoms with van der Waals surface area (Å²) >= 11 is 8.67. The Morgan fingerprint density at radius 1 is 1.63 bits per heavy atom. The molecule has 19 heavy (non-hydrogen) atoms. The number of carbonyl (C=O) groups is 1. The molecule has 0 amide bonds. The lowest BCUT2D eigenvalue weighted by molar-refractivity contribution is 0.0606. The third kappa shape index (κ3) is 3.23. The molecule has 0 bridgehead atoms. The number of anilines is 1. The molecule has 1 unspecified atom stereocenters. The van der Waals surface area contributed by atoms with Crippen molar-refractivity contribution in [3.05, 3.63) is 26.6 Å². The number of carbonyl (C=O) groups excluding carboxylic acids is 1. The third-order valence-electron chi connectivity index (χ3n) is 2.41. The lowest BCUT2D eigenvalue weighted by atomic mass is 10.2. The van der Waals surface area contributed by atoms with Crippen LogP contribution >= 0.6 is 34.3 Å². The summed E-state index contributed by atoms with van der Waals surface area (Å²) < 4.78 is 4.64. The Hall–Kier alpha value is -1.18. The summed E-state index contributed by atoms with van der Waals surface area (Å²) in [6.07, 6.45) is 2.62. The van der Waals surface area contributed by atoms with Crippen LogP contribution in [0.4, 0.5) is 5.13 Å². The van der Waals surface area contributed by atoms with Gasteiger partial charge in [0.1, 0.15) is 5.01 Å². The minimum Gasteiger partial charge on any atom is -0.465 e. The average molecular weight is 318 g/mol. The van der Waals surface area contributed by atoms with Crippen LogP contribution < -0.4 is 5.32 Å². The van der Waals surface area contributed by atoms with Gasteiger partial charge in [0.15, 0.2) is 15.2 Å². The Morgan fingerprint density at radius 3 is 3.00 bits per heavy atom. The van der Waals surface area contributed by atoms with Crippen molar-refractivity contribution in [1.82, 2.24) is 9.97 Å². The van der Waals surface area contributed by atoms with E-state index in [0.717, 1.165) is 11.4 Å².